The van der Waals surface area contributed by atoms with Crippen LogP contribution in [0.5, 0.6) is 11.5 Å². The van der Waals surface area contributed by atoms with Gasteiger partial charge in [-0.05, 0) is 46.1 Å². The third kappa shape index (κ3) is 4.69. The van der Waals surface area contributed by atoms with Gasteiger partial charge in [-0.25, -0.2) is 0 Å². The summed E-state index contributed by atoms with van der Waals surface area (Å²) in [5.74, 6) is 2.26. The molecular weight excluding hydrogens is 306 g/mol. The van der Waals surface area contributed by atoms with Crippen molar-refractivity contribution in [2.45, 2.75) is 33.2 Å². The van der Waals surface area contributed by atoms with Crippen molar-refractivity contribution in [1.29, 1.82) is 0 Å². The lowest BCUT2D eigenvalue weighted by Crippen LogP contribution is -2.21. The lowest BCUT2D eigenvalue weighted by atomic mass is 10.0. The number of halogens is 1. The van der Waals surface area contributed by atoms with E-state index in [0.717, 1.165) is 35.0 Å². The Balaban J connectivity index is 2.66. The maximum Gasteiger partial charge on any atom is 0.174 e. The van der Waals surface area contributed by atoms with E-state index in [2.05, 4.69) is 41.2 Å². The van der Waals surface area contributed by atoms with Crippen molar-refractivity contribution >= 4 is 15.9 Å². The minimum absolute atomic E-state index is 0.742. The Labute approximate surface area is 124 Å². The van der Waals surface area contributed by atoms with E-state index in [9.17, 15) is 0 Å². The van der Waals surface area contributed by atoms with Gasteiger partial charge in [0.2, 0.25) is 0 Å². The first-order valence-corrected chi connectivity index (χ1v) is 7.56. The van der Waals surface area contributed by atoms with Crippen molar-refractivity contribution < 1.29 is 9.47 Å². The monoisotopic (exact) mass is 329 g/mol. The Morgan fingerprint density at radius 3 is 2.37 bits per heavy atom. The highest BCUT2D eigenvalue weighted by Gasteiger charge is 2.10. The fraction of sp³-hybridized carbons (Fsp3) is 0.600. The van der Waals surface area contributed by atoms with Crippen LogP contribution in [0.25, 0.3) is 0 Å². The largest absolute Gasteiger partial charge is 0.493 e. The summed E-state index contributed by atoms with van der Waals surface area (Å²) >= 11 is 3.51. The fourth-order valence-electron chi connectivity index (χ4n) is 2.07. The van der Waals surface area contributed by atoms with Gasteiger partial charge in [0.25, 0.3) is 0 Å². The van der Waals surface area contributed by atoms with Gasteiger partial charge < -0.3 is 14.8 Å². The smallest absolute Gasteiger partial charge is 0.174 e. The number of rotatable bonds is 8. The zero-order chi connectivity index (χ0) is 14.3. The van der Waals surface area contributed by atoms with E-state index >= 15 is 0 Å². The highest BCUT2D eigenvalue weighted by atomic mass is 79.9. The van der Waals surface area contributed by atoms with Crippen molar-refractivity contribution in [2.75, 3.05) is 20.8 Å². The summed E-state index contributed by atoms with van der Waals surface area (Å²) < 4.78 is 11.6. The number of methoxy groups -OCH3 is 2. The third-order valence-electron chi connectivity index (χ3n) is 3.41. The fourth-order valence-corrected chi connectivity index (χ4v) is 2.72. The predicted molar refractivity (Wildman–Crippen MR) is 83.0 cm³/mol. The van der Waals surface area contributed by atoms with Gasteiger partial charge in [-0.15, -0.1) is 0 Å². The van der Waals surface area contributed by atoms with Gasteiger partial charge >= 0.3 is 0 Å². The van der Waals surface area contributed by atoms with Crippen LogP contribution in [0.2, 0.25) is 0 Å². The first-order valence-electron chi connectivity index (χ1n) is 6.77. The van der Waals surface area contributed by atoms with Crippen molar-refractivity contribution in [2.24, 2.45) is 5.92 Å². The number of benzene rings is 1. The van der Waals surface area contributed by atoms with Crippen LogP contribution in [0.1, 0.15) is 32.3 Å². The molecule has 0 aliphatic rings. The van der Waals surface area contributed by atoms with Crippen LogP contribution in [-0.2, 0) is 6.54 Å². The summed E-state index contributed by atoms with van der Waals surface area (Å²) in [4.78, 5) is 0. The molecule has 0 aliphatic heterocycles. The molecule has 4 heteroatoms. The molecule has 0 bridgehead atoms. The Morgan fingerprint density at radius 1 is 1.16 bits per heavy atom. The molecule has 0 saturated carbocycles. The first kappa shape index (κ1) is 16.3. The third-order valence-corrected chi connectivity index (χ3v) is 4.00. The molecule has 0 fully saturated rings. The normalized spacial score (nSPS) is 10.8. The first-order chi connectivity index (χ1) is 9.15. The molecular formula is C15H24BrNO2. The number of nitrogens with one attached hydrogen (secondary N) is 1. The second-order valence-corrected chi connectivity index (χ2v) is 5.48. The van der Waals surface area contributed by atoms with Gasteiger partial charge in [0.05, 0.1) is 18.7 Å². The minimum atomic E-state index is 0.742. The Hall–Kier alpha value is -0.740. The zero-order valence-electron chi connectivity index (χ0n) is 12.3. The molecule has 0 amide bonds. The molecule has 0 unspecified atom stereocenters. The number of hydrogen-bond donors (Lipinski definition) is 1. The van der Waals surface area contributed by atoms with Gasteiger partial charge in [-0.2, -0.15) is 0 Å². The van der Waals surface area contributed by atoms with E-state index in [1.165, 1.54) is 18.4 Å². The molecule has 0 aliphatic carbocycles. The molecule has 3 nitrogen and oxygen atoms in total. The van der Waals surface area contributed by atoms with Crippen LogP contribution >= 0.6 is 15.9 Å². The van der Waals surface area contributed by atoms with Crippen LogP contribution in [0.15, 0.2) is 16.6 Å². The van der Waals surface area contributed by atoms with Gasteiger partial charge in [0.15, 0.2) is 11.5 Å². The second kappa shape index (κ2) is 8.43. The van der Waals surface area contributed by atoms with Crippen LogP contribution < -0.4 is 14.8 Å². The Morgan fingerprint density at radius 2 is 1.84 bits per heavy atom. The minimum Gasteiger partial charge on any atom is -0.493 e. The summed E-state index contributed by atoms with van der Waals surface area (Å²) in [7, 11) is 3.30. The van der Waals surface area contributed by atoms with Crippen molar-refractivity contribution in [1.82, 2.24) is 5.32 Å². The Bertz CT molecular complexity index is 392. The highest BCUT2D eigenvalue weighted by Crippen LogP contribution is 2.36. The maximum atomic E-state index is 5.34. The van der Waals surface area contributed by atoms with Gasteiger partial charge in [0.1, 0.15) is 0 Å². The molecule has 0 spiro atoms. The predicted octanol–water partition coefficient (Wildman–Crippen LogP) is 3.99. The molecule has 1 rings (SSSR count). The van der Waals surface area contributed by atoms with Crippen LogP contribution in [-0.4, -0.2) is 20.8 Å². The van der Waals surface area contributed by atoms with Gasteiger partial charge in [0, 0.05) is 6.54 Å². The van der Waals surface area contributed by atoms with Crippen molar-refractivity contribution in [3.8, 4) is 11.5 Å². The second-order valence-electron chi connectivity index (χ2n) is 4.63. The molecule has 1 N–H and O–H groups in total. The van der Waals surface area contributed by atoms with E-state index in [1.54, 1.807) is 14.2 Å². The summed E-state index contributed by atoms with van der Waals surface area (Å²) in [6, 6.07) is 4.09. The van der Waals surface area contributed by atoms with Crippen LogP contribution in [0, 0.1) is 5.92 Å². The molecule has 1 aromatic carbocycles. The van der Waals surface area contributed by atoms with Crippen LogP contribution in [0.4, 0.5) is 0 Å². The summed E-state index contributed by atoms with van der Waals surface area (Å²) in [6.45, 7) is 6.38. The zero-order valence-corrected chi connectivity index (χ0v) is 13.8. The van der Waals surface area contributed by atoms with E-state index in [4.69, 9.17) is 9.47 Å². The molecule has 108 valence electrons. The van der Waals surface area contributed by atoms with Gasteiger partial charge in [-0.1, -0.05) is 26.7 Å². The average molecular weight is 330 g/mol. The molecule has 0 atom stereocenters. The number of hydrogen-bond acceptors (Lipinski definition) is 3. The summed E-state index contributed by atoms with van der Waals surface area (Å²) in [6.07, 6.45) is 2.44. The molecule has 0 heterocycles. The van der Waals surface area contributed by atoms with E-state index in [0.29, 0.717) is 0 Å². The quantitative estimate of drug-likeness (QED) is 0.782. The van der Waals surface area contributed by atoms with E-state index in [-0.39, 0.29) is 0 Å². The molecule has 0 radical (unpaired) electrons. The number of ether oxygens (including phenoxy) is 2. The molecule has 0 saturated heterocycles. The van der Waals surface area contributed by atoms with Gasteiger partial charge in [-0.3, -0.25) is 0 Å². The summed E-state index contributed by atoms with van der Waals surface area (Å²) in [5, 5.41) is 3.50. The van der Waals surface area contributed by atoms with E-state index in [1.807, 2.05) is 6.07 Å². The van der Waals surface area contributed by atoms with E-state index < -0.39 is 0 Å². The summed E-state index contributed by atoms with van der Waals surface area (Å²) in [5.41, 5.74) is 1.19. The van der Waals surface area contributed by atoms with Crippen molar-refractivity contribution in [3.05, 3.63) is 22.2 Å². The highest BCUT2D eigenvalue weighted by molar-refractivity contribution is 9.10. The lowest BCUT2D eigenvalue weighted by Gasteiger charge is -2.15. The molecule has 0 aromatic heterocycles. The maximum absolute atomic E-state index is 5.34. The molecule has 19 heavy (non-hydrogen) atoms. The SMILES string of the molecule is CCC(CC)CNCc1cc(Br)c(OC)c(OC)c1. The van der Waals surface area contributed by atoms with Crippen molar-refractivity contribution in [3.63, 3.8) is 0 Å². The molecule has 1 aromatic rings. The topological polar surface area (TPSA) is 30.5 Å². The average Bonchev–Trinajstić information content (AvgIpc) is 2.43. The standard InChI is InChI=1S/C15H24BrNO2/c1-5-11(6-2)9-17-10-12-7-13(16)15(19-4)14(8-12)18-3/h7-8,11,17H,5-6,9-10H2,1-4H3. The van der Waals surface area contributed by atoms with Crippen LogP contribution in [0.3, 0.4) is 0 Å². The lowest BCUT2D eigenvalue weighted by molar-refractivity contribution is 0.352. The Kier molecular flexibility index (Phi) is 7.24.